The van der Waals surface area contributed by atoms with Crippen molar-refractivity contribution in [3.63, 3.8) is 0 Å². The van der Waals surface area contributed by atoms with E-state index in [0.29, 0.717) is 13.0 Å². The van der Waals surface area contributed by atoms with Gasteiger partial charge < -0.3 is 5.32 Å². The second-order valence-corrected chi connectivity index (χ2v) is 5.10. The van der Waals surface area contributed by atoms with Crippen molar-refractivity contribution in [2.45, 2.75) is 17.9 Å². The van der Waals surface area contributed by atoms with Crippen LogP contribution in [0.4, 0.5) is 0 Å². The average Bonchev–Trinajstić information content (AvgIpc) is 2.46. The van der Waals surface area contributed by atoms with Crippen LogP contribution in [0.25, 0.3) is 0 Å². The Morgan fingerprint density at radius 2 is 1.74 bits per heavy atom. The van der Waals surface area contributed by atoms with Gasteiger partial charge >= 0.3 is 0 Å². The number of carbonyl (C=O) groups is 1. The van der Waals surface area contributed by atoms with Crippen LogP contribution in [0.3, 0.4) is 0 Å². The van der Waals surface area contributed by atoms with E-state index in [1.54, 1.807) is 11.8 Å². The second kappa shape index (κ2) is 7.00. The molecule has 2 rings (SSSR count). The number of thioether (sulfide) groups is 1. The van der Waals surface area contributed by atoms with Crippen LogP contribution in [-0.2, 0) is 17.8 Å². The van der Waals surface area contributed by atoms with Gasteiger partial charge in [-0.25, -0.2) is 0 Å². The molecule has 19 heavy (non-hydrogen) atoms. The molecule has 0 radical (unpaired) electrons. The fourth-order valence-electron chi connectivity index (χ4n) is 1.89. The number of hydrogen-bond donors (Lipinski definition) is 1. The van der Waals surface area contributed by atoms with Crippen molar-refractivity contribution in [3.05, 3.63) is 65.7 Å². The Morgan fingerprint density at radius 1 is 1.05 bits per heavy atom. The van der Waals surface area contributed by atoms with Crippen LogP contribution in [0, 0.1) is 0 Å². The van der Waals surface area contributed by atoms with Crippen molar-refractivity contribution in [2.24, 2.45) is 0 Å². The molecule has 2 aromatic carbocycles. The quantitative estimate of drug-likeness (QED) is 0.846. The maximum atomic E-state index is 11.9. The minimum absolute atomic E-state index is 0.0575. The molecule has 0 bridgehead atoms. The lowest BCUT2D eigenvalue weighted by Crippen LogP contribution is -2.24. The molecule has 0 unspecified atom stereocenters. The second-order valence-electron chi connectivity index (χ2n) is 4.25. The Bertz CT molecular complexity index is 539. The standard InChI is InChI=1S/C16H17NOS/c1-19-15-10-6-5-9-14(15)12-17-16(18)11-13-7-3-2-4-8-13/h2-10H,11-12H2,1H3,(H,17,18). The van der Waals surface area contributed by atoms with Gasteiger partial charge in [-0.05, 0) is 23.4 Å². The Hall–Kier alpha value is -1.74. The third-order valence-corrected chi connectivity index (χ3v) is 3.71. The van der Waals surface area contributed by atoms with E-state index < -0.39 is 0 Å². The van der Waals surface area contributed by atoms with Crippen molar-refractivity contribution < 1.29 is 4.79 Å². The van der Waals surface area contributed by atoms with Gasteiger partial charge in [0, 0.05) is 11.4 Å². The third kappa shape index (κ3) is 4.14. The van der Waals surface area contributed by atoms with Crippen LogP contribution in [0.1, 0.15) is 11.1 Å². The molecule has 0 aromatic heterocycles. The number of rotatable bonds is 5. The minimum atomic E-state index is 0.0575. The van der Waals surface area contributed by atoms with Crippen molar-refractivity contribution in [1.82, 2.24) is 5.32 Å². The molecular weight excluding hydrogens is 254 g/mol. The molecule has 0 heterocycles. The normalized spacial score (nSPS) is 10.2. The lowest BCUT2D eigenvalue weighted by molar-refractivity contribution is -0.120. The summed E-state index contributed by atoms with van der Waals surface area (Å²) in [5.41, 5.74) is 2.20. The Balaban J connectivity index is 1.90. The average molecular weight is 271 g/mol. The van der Waals surface area contributed by atoms with Crippen LogP contribution < -0.4 is 5.32 Å². The monoisotopic (exact) mass is 271 g/mol. The first kappa shape index (κ1) is 13.7. The number of nitrogens with one attached hydrogen (secondary N) is 1. The van der Waals surface area contributed by atoms with Gasteiger partial charge in [-0.2, -0.15) is 0 Å². The van der Waals surface area contributed by atoms with E-state index in [2.05, 4.69) is 17.4 Å². The summed E-state index contributed by atoms with van der Waals surface area (Å²) in [5.74, 6) is 0.0575. The van der Waals surface area contributed by atoms with E-state index in [4.69, 9.17) is 0 Å². The number of hydrogen-bond acceptors (Lipinski definition) is 2. The largest absolute Gasteiger partial charge is 0.352 e. The van der Waals surface area contributed by atoms with Gasteiger partial charge in [0.1, 0.15) is 0 Å². The van der Waals surface area contributed by atoms with Crippen LogP contribution >= 0.6 is 11.8 Å². The van der Waals surface area contributed by atoms with Gasteiger partial charge in [0.05, 0.1) is 6.42 Å². The maximum Gasteiger partial charge on any atom is 0.224 e. The van der Waals surface area contributed by atoms with E-state index in [-0.39, 0.29) is 5.91 Å². The van der Waals surface area contributed by atoms with Gasteiger partial charge in [0.25, 0.3) is 0 Å². The van der Waals surface area contributed by atoms with Crippen molar-refractivity contribution in [2.75, 3.05) is 6.26 Å². The molecule has 0 aliphatic heterocycles. The van der Waals surface area contributed by atoms with E-state index in [9.17, 15) is 4.79 Å². The zero-order chi connectivity index (χ0) is 13.5. The summed E-state index contributed by atoms with van der Waals surface area (Å²) in [4.78, 5) is 13.1. The molecule has 0 aliphatic rings. The van der Waals surface area contributed by atoms with Crippen molar-refractivity contribution in [3.8, 4) is 0 Å². The van der Waals surface area contributed by atoms with E-state index in [0.717, 1.165) is 11.1 Å². The fraction of sp³-hybridized carbons (Fsp3) is 0.188. The predicted octanol–water partition coefficient (Wildman–Crippen LogP) is 3.27. The first-order valence-corrected chi connectivity index (χ1v) is 7.44. The molecule has 98 valence electrons. The highest BCUT2D eigenvalue weighted by atomic mass is 32.2. The SMILES string of the molecule is CSc1ccccc1CNC(=O)Cc1ccccc1. The summed E-state index contributed by atoms with van der Waals surface area (Å²) < 4.78 is 0. The van der Waals surface area contributed by atoms with Crippen LogP contribution in [-0.4, -0.2) is 12.2 Å². The summed E-state index contributed by atoms with van der Waals surface area (Å²) in [6.07, 6.45) is 2.48. The molecule has 0 aliphatic carbocycles. The highest BCUT2D eigenvalue weighted by Gasteiger charge is 2.05. The lowest BCUT2D eigenvalue weighted by atomic mass is 10.1. The molecule has 3 heteroatoms. The van der Waals surface area contributed by atoms with Crippen LogP contribution in [0.5, 0.6) is 0 Å². The molecule has 0 spiro atoms. The predicted molar refractivity (Wildman–Crippen MR) is 80.2 cm³/mol. The molecule has 0 atom stereocenters. The summed E-state index contributed by atoms with van der Waals surface area (Å²) in [6.45, 7) is 0.586. The zero-order valence-electron chi connectivity index (χ0n) is 10.9. The number of benzene rings is 2. The summed E-state index contributed by atoms with van der Waals surface area (Å²) >= 11 is 1.70. The summed E-state index contributed by atoms with van der Waals surface area (Å²) in [6, 6.07) is 17.9. The maximum absolute atomic E-state index is 11.9. The third-order valence-electron chi connectivity index (χ3n) is 2.88. The van der Waals surface area contributed by atoms with Gasteiger partial charge in [0.2, 0.25) is 5.91 Å². The van der Waals surface area contributed by atoms with Gasteiger partial charge in [-0.3, -0.25) is 4.79 Å². The number of carbonyl (C=O) groups excluding carboxylic acids is 1. The smallest absolute Gasteiger partial charge is 0.224 e. The number of amides is 1. The first-order valence-electron chi connectivity index (χ1n) is 6.22. The zero-order valence-corrected chi connectivity index (χ0v) is 11.7. The van der Waals surface area contributed by atoms with Crippen molar-refractivity contribution >= 4 is 17.7 Å². The van der Waals surface area contributed by atoms with Crippen LogP contribution in [0.15, 0.2) is 59.5 Å². The van der Waals surface area contributed by atoms with E-state index in [1.807, 2.05) is 48.7 Å². The molecule has 2 aromatic rings. The fourth-order valence-corrected chi connectivity index (χ4v) is 2.50. The Morgan fingerprint density at radius 3 is 2.47 bits per heavy atom. The van der Waals surface area contributed by atoms with Gasteiger partial charge in [-0.1, -0.05) is 48.5 Å². The highest BCUT2D eigenvalue weighted by Crippen LogP contribution is 2.19. The topological polar surface area (TPSA) is 29.1 Å². The minimum Gasteiger partial charge on any atom is -0.352 e. The lowest BCUT2D eigenvalue weighted by Gasteiger charge is -2.09. The first-order chi connectivity index (χ1) is 9.29. The molecule has 0 saturated heterocycles. The van der Waals surface area contributed by atoms with Gasteiger partial charge in [-0.15, -0.1) is 11.8 Å². The molecular formula is C16H17NOS. The van der Waals surface area contributed by atoms with Crippen LogP contribution in [0.2, 0.25) is 0 Å². The molecule has 0 saturated carbocycles. The molecule has 2 nitrogen and oxygen atoms in total. The highest BCUT2D eigenvalue weighted by molar-refractivity contribution is 7.98. The van der Waals surface area contributed by atoms with E-state index >= 15 is 0 Å². The molecule has 1 amide bonds. The molecule has 1 N–H and O–H groups in total. The van der Waals surface area contributed by atoms with E-state index in [1.165, 1.54) is 4.90 Å². The molecule has 0 fully saturated rings. The van der Waals surface area contributed by atoms with Crippen molar-refractivity contribution in [1.29, 1.82) is 0 Å². The summed E-state index contributed by atoms with van der Waals surface area (Å²) in [5, 5.41) is 2.97. The van der Waals surface area contributed by atoms with Gasteiger partial charge in [0.15, 0.2) is 0 Å². The Kier molecular flexibility index (Phi) is 5.04. The summed E-state index contributed by atoms with van der Waals surface area (Å²) in [7, 11) is 0. The Labute approximate surface area is 118 Å².